The molecule has 8 heteroatoms. The van der Waals surface area contributed by atoms with Crippen molar-refractivity contribution in [3.8, 4) is 0 Å². The van der Waals surface area contributed by atoms with Gasteiger partial charge in [0.2, 0.25) is 6.41 Å². The van der Waals surface area contributed by atoms with Gasteiger partial charge in [0.15, 0.2) is 5.16 Å². The van der Waals surface area contributed by atoms with Crippen LogP contribution in [0.5, 0.6) is 0 Å². The topological polar surface area (TPSA) is 79.0 Å². The van der Waals surface area contributed by atoms with Gasteiger partial charge in [-0.1, -0.05) is 42.8 Å². The molecule has 0 bridgehead atoms. The molecule has 2 heterocycles. The molecular weight excluding hydrogens is 439 g/mol. The van der Waals surface area contributed by atoms with E-state index in [1.54, 1.807) is 17.3 Å². The summed E-state index contributed by atoms with van der Waals surface area (Å²) in [6.45, 7) is 2.58. The second-order valence-corrected chi connectivity index (χ2v) is 8.94. The molecule has 0 unspecified atom stereocenters. The number of unbranched alkanes of at least 4 members (excludes halogenated alkanes) is 3. The molecule has 0 saturated carbocycles. The number of thioether (sulfide) groups is 1. The second-order valence-electron chi connectivity index (χ2n) is 8.01. The van der Waals surface area contributed by atoms with Crippen molar-refractivity contribution in [1.82, 2.24) is 19.9 Å². The lowest BCUT2D eigenvalue weighted by atomic mass is 10.1. The smallest absolute Gasteiger partial charge is 0.255 e. The first-order valence-corrected chi connectivity index (χ1v) is 12.1. The minimum Gasteiger partial charge on any atom is -0.336 e. The highest BCUT2D eigenvalue weighted by Crippen LogP contribution is 2.14. The maximum absolute atomic E-state index is 12.9. The number of benzene rings is 1. The molecule has 1 N–H and O–H groups in total. The minimum absolute atomic E-state index is 0.174. The van der Waals surface area contributed by atoms with Crippen LogP contribution in [-0.2, 0) is 17.6 Å². The van der Waals surface area contributed by atoms with Crippen LogP contribution in [0.4, 0.5) is 4.39 Å². The Bertz CT molecular complexity index is 1070. The van der Waals surface area contributed by atoms with E-state index in [4.69, 9.17) is 0 Å². The SMILES string of the molecule is Cc1ccc(Cc2cnc(SCN(C=O)CCCCCCc3ccc(F)cc3)[nH]c2=O)cn1. The van der Waals surface area contributed by atoms with Crippen molar-refractivity contribution in [2.24, 2.45) is 0 Å². The van der Waals surface area contributed by atoms with Gasteiger partial charge in [0.25, 0.3) is 5.56 Å². The molecule has 0 radical (unpaired) electrons. The molecule has 1 aromatic carbocycles. The molecule has 0 aliphatic heterocycles. The van der Waals surface area contributed by atoms with E-state index in [1.807, 2.05) is 31.2 Å². The fourth-order valence-electron chi connectivity index (χ4n) is 3.37. The first-order valence-electron chi connectivity index (χ1n) is 11.1. The quantitative estimate of drug-likeness (QED) is 0.131. The van der Waals surface area contributed by atoms with E-state index >= 15 is 0 Å². The average Bonchev–Trinajstić information content (AvgIpc) is 2.82. The lowest BCUT2D eigenvalue weighted by Gasteiger charge is -2.16. The lowest BCUT2D eigenvalue weighted by molar-refractivity contribution is -0.117. The summed E-state index contributed by atoms with van der Waals surface area (Å²) in [5.74, 6) is 0.226. The molecule has 0 fully saturated rings. The maximum Gasteiger partial charge on any atom is 0.255 e. The number of H-pyrrole nitrogens is 1. The number of aromatic nitrogens is 3. The Morgan fingerprint density at radius 1 is 1.00 bits per heavy atom. The number of nitrogens with one attached hydrogen (secondary N) is 1. The molecule has 3 rings (SSSR count). The fourth-order valence-corrected chi connectivity index (χ4v) is 4.14. The average molecular weight is 469 g/mol. The molecular formula is C25H29FN4O2S. The van der Waals surface area contributed by atoms with Gasteiger partial charge in [-0.25, -0.2) is 9.37 Å². The molecule has 0 atom stereocenters. The molecule has 0 aliphatic carbocycles. The van der Waals surface area contributed by atoms with Crippen molar-refractivity contribution in [3.63, 3.8) is 0 Å². The molecule has 33 heavy (non-hydrogen) atoms. The van der Waals surface area contributed by atoms with Crippen LogP contribution in [-0.4, -0.2) is 38.7 Å². The summed E-state index contributed by atoms with van der Waals surface area (Å²) < 4.78 is 12.9. The molecule has 174 valence electrons. The zero-order valence-corrected chi connectivity index (χ0v) is 19.6. The molecule has 0 aliphatic rings. The third kappa shape index (κ3) is 8.46. The summed E-state index contributed by atoms with van der Waals surface area (Å²) in [6, 6.07) is 10.5. The molecule has 3 aromatic rings. The van der Waals surface area contributed by atoms with Crippen molar-refractivity contribution in [2.75, 3.05) is 12.4 Å². The van der Waals surface area contributed by atoms with Gasteiger partial charge in [0, 0.05) is 36.6 Å². The summed E-state index contributed by atoms with van der Waals surface area (Å²) in [6.07, 6.45) is 9.63. The van der Waals surface area contributed by atoms with Crippen LogP contribution in [0.2, 0.25) is 0 Å². The van der Waals surface area contributed by atoms with Crippen LogP contribution in [0.1, 0.15) is 48.1 Å². The van der Waals surface area contributed by atoms with Crippen molar-refractivity contribution in [2.45, 2.75) is 50.6 Å². The van der Waals surface area contributed by atoms with Gasteiger partial charge < -0.3 is 9.88 Å². The Hall–Kier alpha value is -3.00. The highest BCUT2D eigenvalue weighted by atomic mass is 32.2. The third-order valence-corrected chi connectivity index (χ3v) is 6.25. The van der Waals surface area contributed by atoms with E-state index in [-0.39, 0.29) is 11.4 Å². The van der Waals surface area contributed by atoms with Crippen molar-refractivity contribution in [3.05, 3.63) is 87.3 Å². The van der Waals surface area contributed by atoms with Gasteiger partial charge in [0.1, 0.15) is 5.82 Å². The van der Waals surface area contributed by atoms with Crippen LogP contribution in [0.25, 0.3) is 0 Å². The van der Waals surface area contributed by atoms with E-state index < -0.39 is 0 Å². The Morgan fingerprint density at radius 2 is 1.76 bits per heavy atom. The highest BCUT2D eigenvalue weighted by Gasteiger charge is 2.08. The standard InChI is InChI=1S/C25H29FN4O2S/c1-19-7-8-21(15-27-19)14-22-16-28-25(29-24(22)32)33-18-30(17-31)13-5-3-2-4-6-20-9-11-23(26)12-10-20/h7-12,15-17H,2-6,13-14,18H2,1H3,(H,28,29,32). The number of rotatable bonds is 13. The molecule has 2 aromatic heterocycles. The fraction of sp³-hybridized carbons (Fsp3) is 0.360. The van der Waals surface area contributed by atoms with Gasteiger partial charge in [-0.2, -0.15) is 0 Å². The third-order valence-electron chi connectivity index (χ3n) is 5.31. The van der Waals surface area contributed by atoms with Crippen molar-refractivity contribution >= 4 is 18.2 Å². The van der Waals surface area contributed by atoms with E-state index in [0.29, 0.717) is 29.6 Å². The van der Waals surface area contributed by atoms with Crippen LogP contribution >= 0.6 is 11.8 Å². The summed E-state index contributed by atoms with van der Waals surface area (Å²) in [7, 11) is 0. The van der Waals surface area contributed by atoms with Crippen LogP contribution in [0.3, 0.4) is 0 Å². The van der Waals surface area contributed by atoms with Crippen LogP contribution < -0.4 is 5.56 Å². The molecule has 0 spiro atoms. The highest BCUT2D eigenvalue weighted by molar-refractivity contribution is 7.99. The molecule has 6 nitrogen and oxygen atoms in total. The predicted molar refractivity (Wildman–Crippen MR) is 129 cm³/mol. The largest absolute Gasteiger partial charge is 0.336 e. The van der Waals surface area contributed by atoms with E-state index in [2.05, 4.69) is 15.0 Å². The van der Waals surface area contributed by atoms with Gasteiger partial charge in [-0.3, -0.25) is 14.6 Å². The zero-order valence-electron chi connectivity index (χ0n) is 18.8. The number of hydrogen-bond donors (Lipinski definition) is 1. The number of halogens is 1. The Morgan fingerprint density at radius 3 is 2.45 bits per heavy atom. The van der Waals surface area contributed by atoms with Gasteiger partial charge in [-0.15, -0.1) is 0 Å². The van der Waals surface area contributed by atoms with E-state index in [0.717, 1.165) is 55.3 Å². The van der Waals surface area contributed by atoms with Crippen LogP contribution in [0, 0.1) is 12.7 Å². The molecule has 1 amide bonds. The van der Waals surface area contributed by atoms with E-state index in [9.17, 15) is 14.0 Å². The maximum atomic E-state index is 12.9. The number of pyridine rings is 1. The monoisotopic (exact) mass is 468 g/mol. The van der Waals surface area contributed by atoms with Gasteiger partial charge in [-0.05, 0) is 55.5 Å². The summed E-state index contributed by atoms with van der Waals surface area (Å²) >= 11 is 1.34. The summed E-state index contributed by atoms with van der Waals surface area (Å²) in [5.41, 5.74) is 3.44. The number of hydrogen-bond acceptors (Lipinski definition) is 5. The number of nitrogens with zero attached hydrogens (tertiary/aromatic N) is 3. The predicted octanol–water partition coefficient (Wildman–Crippen LogP) is 4.51. The summed E-state index contributed by atoms with van der Waals surface area (Å²) in [4.78, 5) is 36.9. The lowest BCUT2D eigenvalue weighted by Crippen LogP contribution is -2.23. The Kier molecular flexibility index (Phi) is 9.62. The van der Waals surface area contributed by atoms with E-state index in [1.165, 1.54) is 23.9 Å². The minimum atomic E-state index is -0.208. The first-order chi connectivity index (χ1) is 16.0. The van der Waals surface area contributed by atoms with Gasteiger partial charge >= 0.3 is 0 Å². The normalized spacial score (nSPS) is 10.8. The first kappa shape index (κ1) is 24.6. The number of amides is 1. The number of aryl methyl sites for hydroxylation is 2. The molecule has 0 saturated heterocycles. The Balaban J connectivity index is 1.36. The van der Waals surface area contributed by atoms with Crippen molar-refractivity contribution in [1.29, 1.82) is 0 Å². The summed E-state index contributed by atoms with van der Waals surface area (Å²) in [5, 5.41) is 0.497. The number of aromatic amines is 1. The Labute approximate surface area is 197 Å². The van der Waals surface area contributed by atoms with Crippen molar-refractivity contribution < 1.29 is 9.18 Å². The number of carbonyl (C=O) groups is 1. The second kappa shape index (κ2) is 12.9. The van der Waals surface area contributed by atoms with Crippen LogP contribution in [0.15, 0.2) is 58.7 Å². The number of carbonyl (C=O) groups excluding carboxylic acids is 1. The van der Waals surface area contributed by atoms with Gasteiger partial charge in [0.05, 0.1) is 5.88 Å². The zero-order chi connectivity index (χ0) is 23.5.